The summed E-state index contributed by atoms with van der Waals surface area (Å²) in [4.78, 5) is 6.93. The number of aliphatic imine (C=N–C) groups is 1. The summed E-state index contributed by atoms with van der Waals surface area (Å²) >= 11 is 0. The van der Waals surface area contributed by atoms with E-state index in [-0.39, 0.29) is 0 Å². The number of hydrogen-bond acceptors (Lipinski definition) is 5. The molecule has 1 fully saturated rings. The maximum Gasteiger partial charge on any atom is 0.161 e. The van der Waals surface area contributed by atoms with E-state index in [4.69, 9.17) is 9.47 Å². The lowest BCUT2D eigenvalue weighted by Gasteiger charge is -2.32. The summed E-state index contributed by atoms with van der Waals surface area (Å²) in [5, 5.41) is 3.22. The van der Waals surface area contributed by atoms with E-state index in [1.807, 2.05) is 43.6 Å². The van der Waals surface area contributed by atoms with E-state index in [0.29, 0.717) is 12.5 Å². The van der Waals surface area contributed by atoms with Gasteiger partial charge in [-0.15, -0.1) is 0 Å². The first kappa shape index (κ1) is 16.8. The number of nitrogens with zero attached hydrogens (tertiary/aromatic N) is 2. The Hall–Kier alpha value is -2.01. The number of piperidine rings is 1. The predicted octanol–water partition coefficient (Wildman–Crippen LogP) is 2.69. The van der Waals surface area contributed by atoms with E-state index in [9.17, 15) is 0 Å². The van der Waals surface area contributed by atoms with Crippen LogP contribution in [-0.4, -0.2) is 50.0 Å². The van der Waals surface area contributed by atoms with Crippen LogP contribution in [0.2, 0.25) is 0 Å². The van der Waals surface area contributed by atoms with E-state index < -0.39 is 0 Å². The van der Waals surface area contributed by atoms with E-state index in [0.717, 1.165) is 44.3 Å². The third-order valence-corrected chi connectivity index (χ3v) is 4.49. The van der Waals surface area contributed by atoms with Crippen molar-refractivity contribution in [2.75, 3.05) is 39.4 Å². The fraction of sp³-hybridized carbons (Fsp3) is 0.526. The number of rotatable bonds is 7. The van der Waals surface area contributed by atoms with Gasteiger partial charge in [-0.25, -0.2) is 0 Å². The molecule has 0 spiro atoms. The molecule has 2 aliphatic rings. The van der Waals surface area contributed by atoms with Gasteiger partial charge in [0.05, 0.1) is 25.5 Å². The van der Waals surface area contributed by atoms with Crippen molar-refractivity contribution >= 4 is 5.71 Å². The Morgan fingerprint density at radius 1 is 1.17 bits per heavy atom. The molecule has 1 aromatic carbocycles. The standard InChI is InChI=1S/C19H27N3O2/c1-2-23-18-5-3-4-6-19(18)24-15-16-7-11-22(12-8-16)14-17-13-20-9-10-21-17/h3-6,9-10,16,20H,2,7-8,11-15H2,1H3. The molecule has 1 N–H and O–H groups in total. The zero-order valence-corrected chi connectivity index (χ0v) is 14.4. The van der Waals surface area contributed by atoms with Crippen molar-refractivity contribution in [2.45, 2.75) is 19.8 Å². The van der Waals surface area contributed by atoms with Crippen LogP contribution in [-0.2, 0) is 0 Å². The molecule has 2 aliphatic heterocycles. The molecule has 5 heteroatoms. The van der Waals surface area contributed by atoms with Crippen molar-refractivity contribution in [1.29, 1.82) is 0 Å². The fourth-order valence-corrected chi connectivity index (χ4v) is 3.14. The Morgan fingerprint density at radius 3 is 2.58 bits per heavy atom. The summed E-state index contributed by atoms with van der Waals surface area (Å²) in [6, 6.07) is 7.93. The first-order valence-corrected chi connectivity index (χ1v) is 8.86. The van der Waals surface area contributed by atoms with Gasteiger partial charge in [0.2, 0.25) is 0 Å². The molecular formula is C19H27N3O2. The van der Waals surface area contributed by atoms with Crippen molar-refractivity contribution in [3.05, 3.63) is 36.7 Å². The minimum Gasteiger partial charge on any atom is -0.490 e. The molecular weight excluding hydrogens is 302 g/mol. The zero-order valence-electron chi connectivity index (χ0n) is 14.4. The Bertz CT molecular complexity index is 578. The fourth-order valence-electron chi connectivity index (χ4n) is 3.14. The van der Waals surface area contributed by atoms with Gasteiger partial charge >= 0.3 is 0 Å². The molecule has 0 amide bonds. The van der Waals surface area contributed by atoms with Crippen LogP contribution >= 0.6 is 0 Å². The molecule has 130 valence electrons. The van der Waals surface area contributed by atoms with Crippen LogP contribution in [0.25, 0.3) is 0 Å². The quantitative estimate of drug-likeness (QED) is 0.835. The SMILES string of the molecule is CCOc1ccccc1OCC1CCN(CC2=NC=CNC2)CC1. The molecule has 0 saturated carbocycles. The summed E-state index contributed by atoms with van der Waals surface area (Å²) in [6.07, 6.45) is 6.09. The lowest BCUT2D eigenvalue weighted by molar-refractivity contribution is 0.149. The highest BCUT2D eigenvalue weighted by molar-refractivity contribution is 5.89. The summed E-state index contributed by atoms with van der Waals surface area (Å²) in [5.74, 6) is 2.31. The van der Waals surface area contributed by atoms with Crippen molar-refractivity contribution in [1.82, 2.24) is 10.2 Å². The van der Waals surface area contributed by atoms with Gasteiger partial charge < -0.3 is 14.8 Å². The highest BCUT2D eigenvalue weighted by Crippen LogP contribution is 2.28. The number of nitrogens with one attached hydrogen (secondary N) is 1. The normalized spacial score (nSPS) is 18.8. The lowest BCUT2D eigenvalue weighted by atomic mass is 9.97. The summed E-state index contributed by atoms with van der Waals surface area (Å²) < 4.78 is 11.6. The molecule has 0 unspecified atom stereocenters. The number of para-hydroxylation sites is 2. The summed E-state index contributed by atoms with van der Waals surface area (Å²) in [6.45, 7) is 7.49. The molecule has 0 aliphatic carbocycles. The Labute approximate surface area is 144 Å². The molecule has 5 nitrogen and oxygen atoms in total. The van der Waals surface area contributed by atoms with Gasteiger partial charge in [0.25, 0.3) is 0 Å². The van der Waals surface area contributed by atoms with Gasteiger partial charge in [-0.05, 0) is 50.9 Å². The third kappa shape index (κ3) is 4.74. The average Bonchev–Trinajstić information content (AvgIpc) is 2.63. The van der Waals surface area contributed by atoms with Gasteiger partial charge in [0, 0.05) is 18.9 Å². The second-order valence-electron chi connectivity index (χ2n) is 6.30. The second-order valence-corrected chi connectivity index (χ2v) is 6.30. The maximum atomic E-state index is 6.03. The molecule has 0 aromatic heterocycles. The minimum absolute atomic E-state index is 0.613. The van der Waals surface area contributed by atoms with Crippen LogP contribution in [0.4, 0.5) is 0 Å². The van der Waals surface area contributed by atoms with Crippen LogP contribution in [0.1, 0.15) is 19.8 Å². The molecule has 0 atom stereocenters. The van der Waals surface area contributed by atoms with Gasteiger partial charge in [-0.1, -0.05) is 12.1 Å². The van der Waals surface area contributed by atoms with Crippen molar-refractivity contribution in [3.63, 3.8) is 0 Å². The number of benzene rings is 1. The van der Waals surface area contributed by atoms with E-state index in [1.54, 1.807) is 0 Å². The predicted molar refractivity (Wildman–Crippen MR) is 96.8 cm³/mol. The highest BCUT2D eigenvalue weighted by atomic mass is 16.5. The molecule has 1 saturated heterocycles. The molecule has 0 bridgehead atoms. The van der Waals surface area contributed by atoms with E-state index in [1.165, 1.54) is 18.6 Å². The first-order chi connectivity index (χ1) is 11.8. The van der Waals surface area contributed by atoms with Crippen LogP contribution in [0.5, 0.6) is 11.5 Å². The van der Waals surface area contributed by atoms with Crippen molar-refractivity contribution in [3.8, 4) is 11.5 Å². The Balaban J connectivity index is 1.42. The second kappa shape index (κ2) is 8.73. The van der Waals surface area contributed by atoms with Gasteiger partial charge in [-0.3, -0.25) is 9.89 Å². The summed E-state index contributed by atoms with van der Waals surface area (Å²) in [7, 11) is 0. The number of ether oxygens (including phenoxy) is 2. The third-order valence-electron chi connectivity index (χ3n) is 4.49. The minimum atomic E-state index is 0.613. The topological polar surface area (TPSA) is 46.1 Å². The zero-order chi connectivity index (χ0) is 16.6. The monoisotopic (exact) mass is 329 g/mol. The van der Waals surface area contributed by atoms with Crippen LogP contribution in [0.3, 0.4) is 0 Å². The first-order valence-electron chi connectivity index (χ1n) is 8.86. The smallest absolute Gasteiger partial charge is 0.161 e. The van der Waals surface area contributed by atoms with Crippen LogP contribution in [0.15, 0.2) is 41.7 Å². The molecule has 1 aromatic rings. The van der Waals surface area contributed by atoms with Gasteiger partial charge in [-0.2, -0.15) is 0 Å². The van der Waals surface area contributed by atoms with E-state index in [2.05, 4.69) is 15.2 Å². The largest absolute Gasteiger partial charge is 0.490 e. The van der Waals surface area contributed by atoms with Gasteiger partial charge in [0.1, 0.15) is 0 Å². The molecule has 3 rings (SSSR count). The molecule has 24 heavy (non-hydrogen) atoms. The molecule has 2 heterocycles. The highest BCUT2D eigenvalue weighted by Gasteiger charge is 2.21. The summed E-state index contributed by atoms with van der Waals surface area (Å²) in [5.41, 5.74) is 1.22. The lowest BCUT2D eigenvalue weighted by Crippen LogP contribution is -2.41. The molecule has 0 radical (unpaired) electrons. The Kier molecular flexibility index (Phi) is 6.13. The van der Waals surface area contributed by atoms with Crippen LogP contribution in [0, 0.1) is 5.92 Å². The average molecular weight is 329 g/mol. The number of hydrogen-bond donors (Lipinski definition) is 1. The van der Waals surface area contributed by atoms with E-state index >= 15 is 0 Å². The van der Waals surface area contributed by atoms with Crippen molar-refractivity contribution < 1.29 is 9.47 Å². The van der Waals surface area contributed by atoms with Crippen LogP contribution < -0.4 is 14.8 Å². The maximum absolute atomic E-state index is 6.03. The van der Waals surface area contributed by atoms with Gasteiger partial charge in [0.15, 0.2) is 11.5 Å². The number of likely N-dealkylation sites (tertiary alicyclic amines) is 1. The Morgan fingerprint density at radius 2 is 1.92 bits per heavy atom. The van der Waals surface area contributed by atoms with Crippen molar-refractivity contribution in [2.24, 2.45) is 10.9 Å².